The van der Waals surface area contributed by atoms with Crippen molar-refractivity contribution in [3.63, 3.8) is 0 Å². The van der Waals surface area contributed by atoms with Gasteiger partial charge in [0.1, 0.15) is 0 Å². The van der Waals surface area contributed by atoms with Gasteiger partial charge in [-0.15, -0.1) is 12.4 Å². The van der Waals surface area contributed by atoms with E-state index in [9.17, 15) is 21.6 Å². The van der Waals surface area contributed by atoms with Crippen LogP contribution in [-0.4, -0.2) is 38.9 Å². The quantitative estimate of drug-likeness (QED) is 0.876. The van der Waals surface area contributed by atoms with E-state index >= 15 is 0 Å². The number of hydrogen-bond donors (Lipinski definition) is 1. The molecule has 21 heavy (non-hydrogen) atoms. The van der Waals surface area contributed by atoms with Gasteiger partial charge in [0.2, 0.25) is 10.0 Å². The first-order valence-corrected chi connectivity index (χ1v) is 7.62. The molecule has 1 saturated heterocycles. The summed E-state index contributed by atoms with van der Waals surface area (Å²) in [7, 11) is -3.96. The highest BCUT2D eigenvalue weighted by atomic mass is 35.5. The third-order valence-corrected chi connectivity index (χ3v) is 5.01. The van der Waals surface area contributed by atoms with Crippen molar-refractivity contribution in [1.29, 1.82) is 0 Å². The zero-order valence-electron chi connectivity index (χ0n) is 10.7. The average molecular weight is 365 g/mol. The fourth-order valence-electron chi connectivity index (χ4n) is 1.91. The van der Waals surface area contributed by atoms with E-state index in [1.807, 2.05) is 0 Å². The Labute approximate surface area is 131 Å². The SMILES string of the molecule is Cl.O=S(=O)(c1cc(Cl)cc(C(F)(F)F)c1)N1CCNCC1. The van der Waals surface area contributed by atoms with Gasteiger partial charge in [0, 0.05) is 31.2 Å². The maximum absolute atomic E-state index is 12.7. The Balaban J connectivity index is 0.00000220. The summed E-state index contributed by atoms with van der Waals surface area (Å²) in [5, 5.41) is 2.72. The third kappa shape index (κ3) is 4.23. The van der Waals surface area contributed by atoms with Crippen molar-refractivity contribution < 1.29 is 21.6 Å². The number of nitrogens with zero attached hydrogens (tertiary/aromatic N) is 1. The third-order valence-electron chi connectivity index (χ3n) is 2.91. The van der Waals surface area contributed by atoms with E-state index in [2.05, 4.69) is 5.32 Å². The van der Waals surface area contributed by atoms with Gasteiger partial charge in [-0.05, 0) is 18.2 Å². The molecule has 0 aromatic heterocycles. The Bertz CT molecular complexity index is 602. The van der Waals surface area contributed by atoms with Gasteiger partial charge in [-0.3, -0.25) is 0 Å². The molecule has 120 valence electrons. The van der Waals surface area contributed by atoms with Crippen molar-refractivity contribution in [2.24, 2.45) is 0 Å². The lowest BCUT2D eigenvalue weighted by Crippen LogP contribution is -2.46. The summed E-state index contributed by atoms with van der Waals surface area (Å²) < 4.78 is 63.8. The summed E-state index contributed by atoms with van der Waals surface area (Å²) in [6, 6.07) is 2.36. The first-order chi connectivity index (χ1) is 9.21. The van der Waals surface area contributed by atoms with Crippen LogP contribution in [-0.2, 0) is 16.2 Å². The summed E-state index contributed by atoms with van der Waals surface area (Å²) in [4.78, 5) is -0.431. The van der Waals surface area contributed by atoms with Gasteiger partial charge >= 0.3 is 6.18 Å². The van der Waals surface area contributed by atoms with Crippen LogP contribution in [0.4, 0.5) is 13.2 Å². The van der Waals surface area contributed by atoms with Crippen molar-refractivity contribution in [3.8, 4) is 0 Å². The summed E-state index contributed by atoms with van der Waals surface area (Å²) in [5.41, 5.74) is -1.07. The number of halogens is 5. The Morgan fingerprint density at radius 3 is 2.24 bits per heavy atom. The Hall–Kier alpha value is -0.540. The first-order valence-electron chi connectivity index (χ1n) is 5.80. The van der Waals surface area contributed by atoms with Crippen LogP contribution in [0.5, 0.6) is 0 Å². The number of sulfonamides is 1. The molecule has 2 rings (SSSR count). The number of hydrogen-bond acceptors (Lipinski definition) is 3. The Morgan fingerprint density at radius 1 is 1.14 bits per heavy atom. The van der Waals surface area contributed by atoms with Gasteiger partial charge in [0.25, 0.3) is 0 Å². The molecule has 1 aliphatic heterocycles. The summed E-state index contributed by atoms with van der Waals surface area (Å²) >= 11 is 5.61. The lowest BCUT2D eigenvalue weighted by atomic mass is 10.2. The predicted molar refractivity (Wildman–Crippen MR) is 75.3 cm³/mol. The molecular formula is C11H13Cl2F3N2O2S. The van der Waals surface area contributed by atoms with Crippen LogP contribution in [0.15, 0.2) is 23.1 Å². The fraction of sp³-hybridized carbons (Fsp3) is 0.455. The molecule has 0 aliphatic carbocycles. The van der Waals surface area contributed by atoms with Crippen molar-refractivity contribution >= 4 is 34.0 Å². The van der Waals surface area contributed by atoms with Crippen LogP contribution in [0, 0.1) is 0 Å². The summed E-state index contributed by atoms with van der Waals surface area (Å²) in [6.07, 6.45) is -4.64. The van der Waals surface area contributed by atoms with Crippen LogP contribution < -0.4 is 5.32 Å². The number of nitrogens with one attached hydrogen (secondary N) is 1. The van der Waals surface area contributed by atoms with Crippen LogP contribution in [0.1, 0.15) is 5.56 Å². The molecule has 10 heteroatoms. The summed E-state index contributed by atoms with van der Waals surface area (Å²) in [6.45, 7) is 1.37. The van der Waals surface area contributed by atoms with Gasteiger partial charge in [-0.1, -0.05) is 11.6 Å². The maximum Gasteiger partial charge on any atom is 0.416 e. The number of rotatable bonds is 2. The second-order valence-electron chi connectivity index (χ2n) is 4.33. The Kier molecular flexibility index (Phi) is 5.91. The second-order valence-corrected chi connectivity index (χ2v) is 6.70. The lowest BCUT2D eigenvalue weighted by Gasteiger charge is -2.26. The van der Waals surface area contributed by atoms with Gasteiger partial charge in [0.05, 0.1) is 10.5 Å². The van der Waals surface area contributed by atoms with Gasteiger partial charge in [-0.2, -0.15) is 17.5 Å². The van der Waals surface area contributed by atoms with Crippen molar-refractivity contribution in [2.45, 2.75) is 11.1 Å². The minimum absolute atomic E-state index is 0. The maximum atomic E-state index is 12.7. The monoisotopic (exact) mass is 364 g/mol. The fourth-order valence-corrected chi connectivity index (χ4v) is 3.72. The van der Waals surface area contributed by atoms with Gasteiger partial charge in [0.15, 0.2) is 0 Å². The topological polar surface area (TPSA) is 49.4 Å². The van der Waals surface area contributed by atoms with E-state index < -0.39 is 26.7 Å². The molecule has 1 aromatic rings. The molecule has 0 amide bonds. The zero-order chi connectivity index (χ0) is 15.0. The highest BCUT2D eigenvalue weighted by molar-refractivity contribution is 7.89. The summed E-state index contributed by atoms with van der Waals surface area (Å²) in [5.74, 6) is 0. The molecule has 1 aliphatic rings. The average Bonchev–Trinajstić information content (AvgIpc) is 2.38. The van der Waals surface area contributed by atoms with Crippen molar-refractivity contribution in [3.05, 3.63) is 28.8 Å². The van der Waals surface area contributed by atoms with E-state index in [1.165, 1.54) is 0 Å². The molecule has 0 saturated carbocycles. The molecule has 1 N–H and O–H groups in total. The molecule has 1 fully saturated rings. The number of piperazine rings is 1. The minimum atomic E-state index is -4.64. The second kappa shape index (κ2) is 6.70. The van der Waals surface area contributed by atoms with Crippen LogP contribution in [0.25, 0.3) is 0 Å². The molecule has 0 bridgehead atoms. The highest BCUT2D eigenvalue weighted by Crippen LogP contribution is 2.33. The smallest absolute Gasteiger partial charge is 0.314 e. The van der Waals surface area contributed by atoms with Crippen LogP contribution in [0.3, 0.4) is 0 Å². The molecule has 0 radical (unpaired) electrons. The normalized spacial score (nSPS) is 17.3. The molecule has 0 atom stereocenters. The molecule has 1 aromatic carbocycles. The van der Waals surface area contributed by atoms with E-state index in [4.69, 9.17) is 11.6 Å². The molecule has 4 nitrogen and oxygen atoms in total. The first kappa shape index (κ1) is 18.5. The lowest BCUT2D eigenvalue weighted by molar-refractivity contribution is -0.137. The van der Waals surface area contributed by atoms with Crippen LogP contribution in [0.2, 0.25) is 5.02 Å². The van der Waals surface area contributed by atoms with Crippen LogP contribution >= 0.6 is 24.0 Å². The largest absolute Gasteiger partial charge is 0.416 e. The van der Waals surface area contributed by atoms with Crippen molar-refractivity contribution in [1.82, 2.24) is 9.62 Å². The van der Waals surface area contributed by atoms with E-state index in [-0.39, 0.29) is 30.5 Å². The van der Waals surface area contributed by atoms with Gasteiger partial charge < -0.3 is 5.32 Å². The molecular weight excluding hydrogens is 352 g/mol. The van der Waals surface area contributed by atoms with E-state index in [1.54, 1.807) is 0 Å². The number of benzene rings is 1. The zero-order valence-corrected chi connectivity index (χ0v) is 13.0. The predicted octanol–water partition coefficient (Wildman–Crippen LogP) is 2.37. The Morgan fingerprint density at radius 2 is 1.71 bits per heavy atom. The molecule has 0 spiro atoms. The van der Waals surface area contributed by atoms with Gasteiger partial charge in [-0.25, -0.2) is 8.42 Å². The molecule has 0 unspecified atom stereocenters. The van der Waals surface area contributed by atoms with E-state index in [0.29, 0.717) is 25.2 Å². The van der Waals surface area contributed by atoms with E-state index in [0.717, 1.165) is 10.4 Å². The van der Waals surface area contributed by atoms with Crippen molar-refractivity contribution in [2.75, 3.05) is 26.2 Å². The molecule has 1 heterocycles. The minimum Gasteiger partial charge on any atom is -0.314 e. The number of alkyl halides is 3. The highest BCUT2D eigenvalue weighted by Gasteiger charge is 2.34. The standard InChI is InChI=1S/C11H12ClF3N2O2S.ClH/c12-9-5-8(11(13,14)15)6-10(7-9)20(18,19)17-3-1-16-2-4-17;/h5-7,16H,1-4H2;1H.